The molecule has 3 rings (SSSR count). The maximum Gasteiger partial charge on any atom is 0.254 e. The van der Waals surface area contributed by atoms with Crippen LogP contribution < -0.4 is 5.32 Å². The predicted octanol–water partition coefficient (Wildman–Crippen LogP) is 4.41. The minimum Gasteiger partial charge on any atom is -0.349 e. The highest BCUT2D eigenvalue weighted by atomic mass is 16.2. The van der Waals surface area contributed by atoms with Crippen LogP contribution >= 0.6 is 0 Å². The molecule has 0 aromatic heterocycles. The van der Waals surface area contributed by atoms with Gasteiger partial charge in [-0.1, -0.05) is 43.2 Å². The van der Waals surface area contributed by atoms with Crippen LogP contribution in [-0.2, 0) is 6.54 Å². The molecule has 0 aliphatic heterocycles. The minimum atomic E-state index is -0.0501. The predicted molar refractivity (Wildman–Crippen MR) is 108 cm³/mol. The molecule has 1 fully saturated rings. The molecule has 0 saturated heterocycles. The third kappa shape index (κ3) is 4.97. The molecule has 0 heterocycles. The summed E-state index contributed by atoms with van der Waals surface area (Å²) in [6.07, 6.45) is 4.49. The van der Waals surface area contributed by atoms with E-state index in [0.717, 1.165) is 18.4 Å². The van der Waals surface area contributed by atoms with Crippen LogP contribution in [0, 0.1) is 0 Å². The number of carbonyl (C=O) groups is 2. The molecule has 27 heavy (non-hydrogen) atoms. The molecule has 1 saturated carbocycles. The van der Waals surface area contributed by atoms with E-state index in [1.165, 1.54) is 12.8 Å². The van der Waals surface area contributed by atoms with E-state index < -0.39 is 0 Å². The summed E-state index contributed by atoms with van der Waals surface area (Å²) in [6, 6.07) is 17.4. The molecular weight excluding hydrogens is 336 g/mol. The van der Waals surface area contributed by atoms with Gasteiger partial charge in [-0.3, -0.25) is 9.59 Å². The van der Waals surface area contributed by atoms with Crippen molar-refractivity contribution < 1.29 is 9.59 Å². The lowest BCUT2D eigenvalue weighted by atomic mass is 10.1. The van der Waals surface area contributed by atoms with Crippen molar-refractivity contribution in [1.82, 2.24) is 10.2 Å². The Hall–Kier alpha value is -2.62. The first-order valence-electron chi connectivity index (χ1n) is 9.80. The first kappa shape index (κ1) is 19.2. The van der Waals surface area contributed by atoms with Crippen LogP contribution in [0.3, 0.4) is 0 Å². The molecule has 0 atom stereocenters. The molecule has 4 heteroatoms. The normalized spacial score (nSPS) is 14.3. The largest absolute Gasteiger partial charge is 0.349 e. The van der Waals surface area contributed by atoms with Gasteiger partial charge in [0.2, 0.25) is 0 Å². The van der Waals surface area contributed by atoms with Crippen molar-refractivity contribution in [3.8, 4) is 0 Å². The maximum absolute atomic E-state index is 13.0. The number of benzene rings is 2. The molecule has 2 aromatic carbocycles. The van der Waals surface area contributed by atoms with E-state index in [1.807, 2.05) is 49.1 Å². The number of amides is 2. The molecule has 2 aromatic rings. The fraction of sp³-hybridized carbons (Fsp3) is 0.391. The zero-order valence-electron chi connectivity index (χ0n) is 16.2. The summed E-state index contributed by atoms with van der Waals surface area (Å²) < 4.78 is 0. The van der Waals surface area contributed by atoms with Gasteiger partial charge in [-0.05, 0) is 56.5 Å². The Morgan fingerprint density at radius 1 is 0.963 bits per heavy atom. The molecule has 142 valence electrons. The summed E-state index contributed by atoms with van der Waals surface area (Å²) in [5.41, 5.74) is 2.32. The van der Waals surface area contributed by atoms with E-state index in [9.17, 15) is 9.59 Å². The van der Waals surface area contributed by atoms with E-state index >= 15 is 0 Å². The second kappa shape index (κ2) is 8.85. The van der Waals surface area contributed by atoms with Gasteiger partial charge in [-0.2, -0.15) is 0 Å². The number of nitrogens with zero attached hydrogens (tertiary/aromatic N) is 1. The monoisotopic (exact) mass is 364 g/mol. The quantitative estimate of drug-likeness (QED) is 0.825. The lowest BCUT2D eigenvalue weighted by molar-refractivity contribution is 0.0690. The fourth-order valence-corrected chi connectivity index (χ4v) is 3.54. The summed E-state index contributed by atoms with van der Waals surface area (Å²) in [6.45, 7) is 4.61. The van der Waals surface area contributed by atoms with Gasteiger partial charge < -0.3 is 10.2 Å². The maximum atomic E-state index is 13.0. The highest BCUT2D eigenvalue weighted by Gasteiger charge is 2.21. The van der Waals surface area contributed by atoms with E-state index in [1.54, 1.807) is 24.3 Å². The Morgan fingerprint density at radius 2 is 1.56 bits per heavy atom. The smallest absolute Gasteiger partial charge is 0.254 e. The molecule has 1 N–H and O–H groups in total. The third-order valence-corrected chi connectivity index (χ3v) is 5.16. The zero-order chi connectivity index (χ0) is 19.2. The van der Waals surface area contributed by atoms with Gasteiger partial charge >= 0.3 is 0 Å². The van der Waals surface area contributed by atoms with Crippen molar-refractivity contribution in [2.45, 2.75) is 58.2 Å². The number of rotatable bonds is 6. The Bertz CT molecular complexity index is 763. The van der Waals surface area contributed by atoms with Crippen LogP contribution in [0.1, 0.15) is 65.8 Å². The summed E-state index contributed by atoms with van der Waals surface area (Å²) in [5, 5.41) is 3.08. The van der Waals surface area contributed by atoms with Crippen LogP contribution in [-0.4, -0.2) is 28.8 Å². The van der Waals surface area contributed by atoms with Crippen LogP contribution in [0.25, 0.3) is 0 Å². The first-order chi connectivity index (χ1) is 13.0. The zero-order valence-corrected chi connectivity index (χ0v) is 16.2. The summed E-state index contributed by atoms with van der Waals surface area (Å²) in [7, 11) is 0. The van der Waals surface area contributed by atoms with Gasteiger partial charge in [0.05, 0.1) is 0 Å². The Balaban J connectivity index is 1.68. The van der Waals surface area contributed by atoms with Crippen LogP contribution in [0.5, 0.6) is 0 Å². The fourth-order valence-electron chi connectivity index (χ4n) is 3.54. The molecule has 0 unspecified atom stereocenters. The minimum absolute atomic E-state index is 0.0170. The van der Waals surface area contributed by atoms with Gasteiger partial charge in [0.25, 0.3) is 11.8 Å². The van der Waals surface area contributed by atoms with Gasteiger partial charge in [0.1, 0.15) is 0 Å². The second-order valence-corrected chi connectivity index (χ2v) is 7.54. The molecule has 0 spiro atoms. The van der Waals surface area contributed by atoms with E-state index in [2.05, 4.69) is 5.32 Å². The highest BCUT2D eigenvalue weighted by Crippen LogP contribution is 2.19. The first-order valence-corrected chi connectivity index (χ1v) is 9.80. The number of nitrogens with one attached hydrogen (secondary N) is 1. The van der Waals surface area contributed by atoms with Crippen LogP contribution in [0.4, 0.5) is 0 Å². The van der Waals surface area contributed by atoms with Gasteiger partial charge in [0.15, 0.2) is 0 Å². The number of hydrogen-bond acceptors (Lipinski definition) is 2. The molecule has 0 bridgehead atoms. The lowest BCUT2D eigenvalue weighted by Gasteiger charge is -2.27. The van der Waals surface area contributed by atoms with Crippen LogP contribution in [0.15, 0.2) is 54.6 Å². The van der Waals surface area contributed by atoms with Crippen molar-refractivity contribution in [3.63, 3.8) is 0 Å². The van der Waals surface area contributed by atoms with Gasteiger partial charge in [-0.25, -0.2) is 0 Å². The Labute approximate surface area is 161 Å². The number of carbonyl (C=O) groups excluding carboxylic acids is 2. The van der Waals surface area contributed by atoms with Crippen molar-refractivity contribution in [1.29, 1.82) is 0 Å². The van der Waals surface area contributed by atoms with Gasteiger partial charge in [-0.15, -0.1) is 0 Å². The summed E-state index contributed by atoms with van der Waals surface area (Å²) in [5.74, 6) is -0.0671. The standard InChI is InChI=1S/C23H28N2O2/c1-17(2)25(16-18-8-4-3-5-9-18)23(27)20-14-12-19(13-15-20)22(26)24-21-10-6-7-11-21/h3-5,8-9,12-15,17,21H,6-7,10-11,16H2,1-2H3,(H,24,26). The Morgan fingerprint density at radius 3 is 2.15 bits per heavy atom. The van der Waals surface area contributed by atoms with E-state index in [4.69, 9.17) is 0 Å². The average Bonchev–Trinajstić information content (AvgIpc) is 3.19. The van der Waals surface area contributed by atoms with E-state index in [0.29, 0.717) is 23.7 Å². The van der Waals surface area contributed by atoms with Crippen molar-refractivity contribution in [2.75, 3.05) is 0 Å². The summed E-state index contributed by atoms with van der Waals surface area (Å²) >= 11 is 0. The lowest BCUT2D eigenvalue weighted by Crippen LogP contribution is -2.36. The van der Waals surface area contributed by atoms with Crippen LogP contribution in [0.2, 0.25) is 0 Å². The topological polar surface area (TPSA) is 49.4 Å². The van der Waals surface area contributed by atoms with E-state index in [-0.39, 0.29) is 17.9 Å². The summed E-state index contributed by atoms with van der Waals surface area (Å²) in [4.78, 5) is 27.2. The van der Waals surface area contributed by atoms with Crippen molar-refractivity contribution in [2.24, 2.45) is 0 Å². The molecule has 2 amide bonds. The molecular formula is C23H28N2O2. The van der Waals surface area contributed by atoms with Crippen molar-refractivity contribution >= 4 is 11.8 Å². The van der Waals surface area contributed by atoms with Gasteiger partial charge in [0, 0.05) is 29.8 Å². The number of hydrogen-bond donors (Lipinski definition) is 1. The highest BCUT2D eigenvalue weighted by molar-refractivity contribution is 5.98. The molecule has 1 aliphatic rings. The average molecular weight is 364 g/mol. The third-order valence-electron chi connectivity index (χ3n) is 5.16. The molecule has 0 radical (unpaired) electrons. The van der Waals surface area contributed by atoms with Crippen molar-refractivity contribution in [3.05, 3.63) is 71.3 Å². The Kier molecular flexibility index (Phi) is 6.28. The SMILES string of the molecule is CC(C)N(Cc1ccccc1)C(=O)c1ccc(C(=O)NC2CCCC2)cc1. The molecule has 4 nitrogen and oxygen atoms in total. The molecule has 1 aliphatic carbocycles. The second-order valence-electron chi connectivity index (χ2n) is 7.54.